The van der Waals surface area contributed by atoms with Crippen LogP contribution < -0.4 is 5.32 Å². The molecule has 0 fully saturated rings. The van der Waals surface area contributed by atoms with E-state index < -0.39 is 0 Å². The third kappa shape index (κ3) is 2.70. The largest absolute Gasteiger partial charge is 0.336 e. The van der Waals surface area contributed by atoms with Gasteiger partial charge in [-0.3, -0.25) is 4.79 Å². The van der Waals surface area contributed by atoms with Crippen LogP contribution in [0.2, 0.25) is 0 Å². The zero-order valence-electron chi connectivity index (χ0n) is 10.7. The molecule has 0 aromatic heterocycles. The predicted octanol–water partition coefficient (Wildman–Crippen LogP) is 2.60. The Morgan fingerprint density at radius 2 is 2.22 bits per heavy atom. The fourth-order valence-electron chi connectivity index (χ4n) is 2.41. The van der Waals surface area contributed by atoms with E-state index in [0.717, 1.165) is 19.3 Å². The van der Waals surface area contributed by atoms with Crippen molar-refractivity contribution in [3.8, 4) is 6.07 Å². The molecule has 1 aliphatic carbocycles. The van der Waals surface area contributed by atoms with Gasteiger partial charge in [-0.2, -0.15) is 5.26 Å². The SMILES string of the molecule is CCCC(C#N)NC(=O)c1ccc2c(c1)CCC2. The fraction of sp³-hybridized carbons (Fsp3) is 0.467. The van der Waals surface area contributed by atoms with Crippen molar-refractivity contribution in [1.29, 1.82) is 5.26 Å². The van der Waals surface area contributed by atoms with Crippen LogP contribution in [-0.2, 0) is 12.8 Å². The van der Waals surface area contributed by atoms with E-state index in [1.165, 1.54) is 17.5 Å². The topological polar surface area (TPSA) is 52.9 Å². The highest BCUT2D eigenvalue weighted by Crippen LogP contribution is 2.22. The molecule has 0 heterocycles. The number of hydrogen-bond donors (Lipinski definition) is 1. The molecular weight excluding hydrogens is 224 g/mol. The molecule has 1 atom stereocenters. The van der Waals surface area contributed by atoms with Crippen LogP contribution in [0.4, 0.5) is 0 Å². The molecule has 0 spiro atoms. The third-order valence-electron chi connectivity index (χ3n) is 3.40. The van der Waals surface area contributed by atoms with Gasteiger partial charge in [-0.25, -0.2) is 0 Å². The van der Waals surface area contributed by atoms with Gasteiger partial charge in [0.2, 0.25) is 0 Å². The number of nitrogens with zero attached hydrogens (tertiary/aromatic N) is 1. The Bertz CT molecular complexity index is 488. The van der Waals surface area contributed by atoms with Gasteiger partial charge in [0, 0.05) is 5.56 Å². The second-order valence-corrected chi connectivity index (χ2v) is 4.78. The minimum atomic E-state index is -0.379. The third-order valence-corrected chi connectivity index (χ3v) is 3.40. The molecule has 1 unspecified atom stereocenters. The van der Waals surface area contributed by atoms with Crippen molar-refractivity contribution in [3.63, 3.8) is 0 Å². The van der Waals surface area contributed by atoms with Crippen molar-refractivity contribution in [3.05, 3.63) is 34.9 Å². The molecule has 0 saturated heterocycles. The van der Waals surface area contributed by atoms with Crippen LogP contribution in [0.15, 0.2) is 18.2 Å². The highest BCUT2D eigenvalue weighted by Gasteiger charge is 2.16. The minimum Gasteiger partial charge on any atom is -0.336 e. The smallest absolute Gasteiger partial charge is 0.252 e. The van der Waals surface area contributed by atoms with Crippen molar-refractivity contribution >= 4 is 5.91 Å². The van der Waals surface area contributed by atoms with Gasteiger partial charge in [0.1, 0.15) is 6.04 Å². The van der Waals surface area contributed by atoms with Crippen LogP contribution >= 0.6 is 0 Å². The summed E-state index contributed by atoms with van der Waals surface area (Å²) < 4.78 is 0. The molecule has 1 amide bonds. The lowest BCUT2D eigenvalue weighted by Gasteiger charge is -2.11. The number of rotatable bonds is 4. The average Bonchev–Trinajstić information content (AvgIpc) is 2.85. The lowest BCUT2D eigenvalue weighted by atomic mass is 10.1. The molecule has 1 N–H and O–H groups in total. The fourth-order valence-corrected chi connectivity index (χ4v) is 2.41. The van der Waals surface area contributed by atoms with Crippen molar-refractivity contribution in [2.45, 2.75) is 45.1 Å². The molecule has 1 aromatic carbocycles. The number of amides is 1. The van der Waals surface area contributed by atoms with E-state index in [0.29, 0.717) is 12.0 Å². The van der Waals surface area contributed by atoms with E-state index >= 15 is 0 Å². The molecule has 0 saturated carbocycles. The summed E-state index contributed by atoms with van der Waals surface area (Å²) in [7, 11) is 0. The van der Waals surface area contributed by atoms with Crippen LogP contribution in [0.1, 0.15) is 47.7 Å². The minimum absolute atomic E-state index is 0.135. The van der Waals surface area contributed by atoms with Crippen LogP contribution in [0.25, 0.3) is 0 Å². The summed E-state index contributed by atoms with van der Waals surface area (Å²) in [5.41, 5.74) is 3.32. The van der Waals surface area contributed by atoms with E-state index in [-0.39, 0.29) is 11.9 Å². The van der Waals surface area contributed by atoms with Gasteiger partial charge in [0.05, 0.1) is 6.07 Å². The summed E-state index contributed by atoms with van der Waals surface area (Å²) in [6.07, 6.45) is 4.95. The van der Waals surface area contributed by atoms with E-state index in [1.54, 1.807) is 0 Å². The molecule has 1 aliphatic rings. The van der Waals surface area contributed by atoms with Gasteiger partial charge in [0.15, 0.2) is 0 Å². The summed E-state index contributed by atoms with van der Waals surface area (Å²) in [4.78, 5) is 12.0. The van der Waals surface area contributed by atoms with Crippen LogP contribution in [0, 0.1) is 11.3 Å². The number of fused-ring (bicyclic) bond motifs is 1. The first-order valence-electron chi connectivity index (χ1n) is 6.57. The number of benzene rings is 1. The molecule has 94 valence electrons. The van der Waals surface area contributed by atoms with Gasteiger partial charge in [0.25, 0.3) is 5.91 Å². The Labute approximate surface area is 108 Å². The van der Waals surface area contributed by atoms with Gasteiger partial charge in [-0.15, -0.1) is 0 Å². The zero-order valence-corrected chi connectivity index (χ0v) is 10.7. The monoisotopic (exact) mass is 242 g/mol. The van der Waals surface area contributed by atoms with E-state index in [4.69, 9.17) is 5.26 Å². The van der Waals surface area contributed by atoms with Crippen LogP contribution in [0.3, 0.4) is 0 Å². The molecule has 3 heteroatoms. The second kappa shape index (κ2) is 5.68. The Hall–Kier alpha value is -1.82. The molecular formula is C15H18N2O. The predicted molar refractivity (Wildman–Crippen MR) is 70.2 cm³/mol. The Kier molecular flexibility index (Phi) is 3.99. The summed E-state index contributed by atoms with van der Waals surface area (Å²) in [5.74, 6) is -0.135. The highest BCUT2D eigenvalue weighted by molar-refractivity contribution is 5.94. The Morgan fingerprint density at radius 1 is 1.44 bits per heavy atom. The van der Waals surface area contributed by atoms with Crippen molar-refractivity contribution in [2.75, 3.05) is 0 Å². The number of carbonyl (C=O) groups is 1. The molecule has 18 heavy (non-hydrogen) atoms. The van der Waals surface area contributed by atoms with Crippen LogP contribution in [-0.4, -0.2) is 11.9 Å². The molecule has 3 nitrogen and oxygen atoms in total. The first kappa shape index (κ1) is 12.6. The van der Waals surface area contributed by atoms with Gasteiger partial charge in [-0.05, 0) is 48.9 Å². The lowest BCUT2D eigenvalue weighted by molar-refractivity contribution is 0.0944. The normalized spacial score (nSPS) is 14.7. The number of nitrogens with one attached hydrogen (secondary N) is 1. The van der Waals surface area contributed by atoms with Crippen LogP contribution in [0.5, 0.6) is 0 Å². The summed E-state index contributed by atoms with van der Waals surface area (Å²) in [6, 6.07) is 7.62. The molecule has 0 bridgehead atoms. The first-order valence-corrected chi connectivity index (χ1v) is 6.57. The first-order chi connectivity index (χ1) is 8.74. The molecule has 1 aromatic rings. The second-order valence-electron chi connectivity index (χ2n) is 4.78. The van der Waals surface area contributed by atoms with E-state index in [2.05, 4.69) is 11.4 Å². The Morgan fingerprint density at radius 3 is 2.94 bits per heavy atom. The number of carbonyl (C=O) groups excluding carboxylic acids is 1. The summed E-state index contributed by atoms with van der Waals surface area (Å²) >= 11 is 0. The molecule has 2 rings (SSSR count). The van der Waals surface area contributed by atoms with Crippen molar-refractivity contribution in [2.24, 2.45) is 0 Å². The van der Waals surface area contributed by atoms with Gasteiger partial charge >= 0.3 is 0 Å². The van der Waals surface area contributed by atoms with E-state index in [1.807, 2.05) is 25.1 Å². The lowest BCUT2D eigenvalue weighted by Crippen LogP contribution is -2.33. The summed E-state index contributed by atoms with van der Waals surface area (Å²) in [5, 5.41) is 11.7. The van der Waals surface area contributed by atoms with E-state index in [9.17, 15) is 4.79 Å². The standard InChI is InChI=1S/C15H18N2O/c1-2-4-14(10-16)17-15(18)13-8-7-11-5-3-6-12(11)9-13/h7-9,14H,2-6H2,1H3,(H,17,18). The number of hydrogen-bond acceptors (Lipinski definition) is 2. The molecule has 0 radical (unpaired) electrons. The number of aryl methyl sites for hydroxylation is 2. The Balaban J connectivity index is 2.07. The maximum atomic E-state index is 12.0. The molecule has 0 aliphatic heterocycles. The van der Waals surface area contributed by atoms with Crippen molar-refractivity contribution in [1.82, 2.24) is 5.32 Å². The average molecular weight is 242 g/mol. The van der Waals surface area contributed by atoms with Crippen molar-refractivity contribution < 1.29 is 4.79 Å². The number of nitriles is 1. The summed E-state index contributed by atoms with van der Waals surface area (Å²) in [6.45, 7) is 2.01. The maximum Gasteiger partial charge on any atom is 0.252 e. The quantitative estimate of drug-likeness (QED) is 0.882. The maximum absolute atomic E-state index is 12.0. The van der Waals surface area contributed by atoms with Gasteiger partial charge < -0.3 is 5.32 Å². The highest BCUT2D eigenvalue weighted by atomic mass is 16.1. The van der Waals surface area contributed by atoms with Gasteiger partial charge in [-0.1, -0.05) is 19.4 Å². The zero-order chi connectivity index (χ0) is 13.0.